The molecule has 1 aliphatic heterocycles. The Labute approximate surface area is 162 Å². The molecule has 0 aromatic carbocycles. The van der Waals surface area contributed by atoms with Crippen LogP contribution in [0.4, 0.5) is 0 Å². The SMILES string of the molecule is CCOC(=O)C1CCCN(C(=NC)NCC(C)(C)C(=O)NC)C1.I. The molecule has 1 fully saturated rings. The molecule has 0 spiro atoms. The summed E-state index contributed by atoms with van der Waals surface area (Å²) in [6.07, 6.45) is 1.76. The van der Waals surface area contributed by atoms with Gasteiger partial charge < -0.3 is 20.3 Å². The molecular formula is C16H31IN4O3. The first-order valence-corrected chi connectivity index (χ1v) is 8.20. The van der Waals surface area contributed by atoms with Gasteiger partial charge in [0.05, 0.1) is 17.9 Å². The van der Waals surface area contributed by atoms with Gasteiger partial charge in [-0.1, -0.05) is 0 Å². The van der Waals surface area contributed by atoms with Gasteiger partial charge in [0, 0.05) is 33.7 Å². The Morgan fingerprint density at radius 2 is 2.04 bits per heavy atom. The lowest BCUT2D eigenvalue weighted by molar-refractivity contribution is -0.149. The summed E-state index contributed by atoms with van der Waals surface area (Å²) in [5.74, 6) is 0.437. The molecule has 140 valence electrons. The quantitative estimate of drug-likeness (QED) is 0.283. The fourth-order valence-electron chi connectivity index (χ4n) is 2.67. The fourth-order valence-corrected chi connectivity index (χ4v) is 2.67. The van der Waals surface area contributed by atoms with Gasteiger partial charge >= 0.3 is 5.97 Å². The van der Waals surface area contributed by atoms with Crippen LogP contribution in [0.15, 0.2) is 4.99 Å². The van der Waals surface area contributed by atoms with Gasteiger partial charge in [0.25, 0.3) is 0 Å². The predicted octanol–water partition coefficient (Wildman–Crippen LogP) is 1.23. The Bertz CT molecular complexity index is 455. The molecule has 24 heavy (non-hydrogen) atoms. The number of rotatable bonds is 5. The highest BCUT2D eigenvalue weighted by Gasteiger charge is 2.30. The maximum Gasteiger partial charge on any atom is 0.310 e. The van der Waals surface area contributed by atoms with Gasteiger partial charge in [0.2, 0.25) is 5.91 Å². The third-order valence-electron chi connectivity index (χ3n) is 4.08. The van der Waals surface area contributed by atoms with E-state index >= 15 is 0 Å². The van der Waals surface area contributed by atoms with E-state index in [0.717, 1.165) is 25.3 Å². The second-order valence-corrected chi connectivity index (χ2v) is 6.40. The molecule has 0 aliphatic carbocycles. The standard InChI is InChI=1S/C16H30N4O3.HI/c1-6-23-13(21)12-8-7-9-20(10-12)15(18-5)19-11-16(2,3)14(22)17-4;/h12H,6-11H2,1-5H3,(H,17,22)(H,18,19);1H. The predicted molar refractivity (Wildman–Crippen MR) is 106 cm³/mol. The number of nitrogens with one attached hydrogen (secondary N) is 2. The van der Waals surface area contributed by atoms with Gasteiger partial charge in [-0.25, -0.2) is 0 Å². The van der Waals surface area contributed by atoms with E-state index in [9.17, 15) is 9.59 Å². The highest BCUT2D eigenvalue weighted by Crippen LogP contribution is 2.19. The molecule has 1 atom stereocenters. The van der Waals surface area contributed by atoms with Crippen LogP contribution in [0.5, 0.6) is 0 Å². The van der Waals surface area contributed by atoms with Crippen LogP contribution in [0.3, 0.4) is 0 Å². The molecule has 7 nitrogen and oxygen atoms in total. The monoisotopic (exact) mass is 454 g/mol. The number of esters is 1. The van der Waals surface area contributed by atoms with Crippen molar-refractivity contribution in [2.45, 2.75) is 33.6 Å². The van der Waals surface area contributed by atoms with E-state index in [1.165, 1.54) is 0 Å². The zero-order chi connectivity index (χ0) is 17.5. The van der Waals surface area contributed by atoms with Crippen molar-refractivity contribution < 1.29 is 14.3 Å². The van der Waals surface area contributed by atoms with Crippen molar-refractivity contribution in [2.75, 3.05) is 40.3 Å². The number of hydrogen-bond acceptors (Lipinski definition) is 4. The largest absolute Gasteiger partial charge is 0.466 e. The summed E-state index contributed by atoms with van der Waals surface area (Å²) in [5, 5.41) is 5.92. The van der Waals surface area contributed by atoms with Crippen LogP contribution in [-0.2, 0) is 14.3 Å². The van der Waals surface area contributed by atoms with Gasteiger partial charge in [0.15, 0.2) is 5.96 Å². The van der Waals surface area contributed by atoms with Crippen molar-refractivity contribution in [3.05, 3.63) is 0 Å². The number of carbonyl (C=O) groups excluding carboxylic acids is 2. The molecule has 0 saturated carbocycles. The van der Waals surface area contributed by atoms with Crippen molar-refractivity contribution in [2.24, 2.45) is 16.3 Å². The van der Waals surface area contributed by atoms with Gasteiger partial charge in [-0.2, -0.15) is 0 Å². The summed E-state index contributed by atoms with van der Waals surface area (Å²) in [6, 6.07) is 0. The zero-order valence-corrected chi connectivity index (χ0v) is 17.7. The molecule has 1 heterocycles. The van der Waals surface area contributed by atoms with Crippen LogP contribution in [0, 0.1) is 11.3 Å². The molecule has 0 radical (unpaired) electrons. The van der Waals surface area contributed by atoms with Crippen molar-refractivity contribution in [3.8, 4) is 0 Å². The van der Waals surface area contributed by atoms with Crippen LogP contribution in [-0.4, -0.2) is 63.1 Å². The summed E-state index contributed by atoms with van der Waals surface area (Å²) in [4.78, 5) is 30.1. The van der Waals surface area contributed by atoms with Crippen LogP contribution in [0.1, 0.15) is 33.6 Å². The highest BCUT2D eigenvalue weighted by atomic mass is 127. The lowest BCUT2D eigenvalue weighted by Crippen LogP contribution is -2.51. The smallest absolute Gasteiger partial charge is 0.310 e. The number of guanidine groups is 1. The molecule has 1 rings (SSSR count). The van der Waals surface area contributed by atoms with Crippen LogP contribution in [0.2, 0.25) is 0 Å². The maximum absolute atomic E-state index is 11.9. The summed E-state index contributed by atoms with van der Waals surface area (Å²) in [5.41, 5.74) is -0.541. The van der Waals surface area contributed by atoms with Crippen molar-refractivity contribution in [1.29, 1.82) is 0 Å². The number of aliphatic imine (C=N–C) groups is 1. The van der Waals surface area contributed by atoms with Gasteiger partial charge in [-0.3, -0.25) is 14.6 Å². The van der Waals surface area contributed by atoms with Gasteiger partial charge in [0.1, 0.15) is 0 Å². The second kappa shape index (κ2) is 10.7. The number of amides is 1. The van der Waals surface area contributed by atoms with Crippen LogP contribution < -0.4 is 10.6 Å². The lowest BCUT2D eigenvalue weighted by Gasteiger charge is -2.35. The van der Waals surface area contributed by atoms with E-state index in [4.69, 9.17) is 4.74 Å². The number of hydrogen-bond donors (Lipinski definition) is 2. The molecule has 0 bridgehead atoms. The summed E-state index contributed by atoms with van der Waals surface area (Å²) in [6.45, 7) is 7.89. The molecule has 0 aromatic heterocycles. The van der Waals surface area contributed by atoms with Gasteiger partial charge in [-0.05, 0) is 33.6 Å². The molecule has 1 amide bonds. The highest BCUT2D eigenvalue weighted by molar-refractivity contribution is 14.0. The first-order chi connectivity index (χ1) is 10.9. The molecular weight excluding hydrogens is 423 g/mol. The van der Waals surface area contributed by atoms with E-state index in [-0.39, 0.29) is 41.8 Å². The Morgan fingerprint density at radius 1 is 1.38 bits per heavy atom. The van der Waals surface area contributed by atoms with E-state index in [1.54, 1.807) is 14.1 Å². The average molecular weight is 454 g/mol. The van der Waals surface area contributed by atoms with E-state index < -0.39 is 5.41 Å². The molecule has 1 aliphatic rings. The topological polar surface area (TPSA) is 83.0 Å². The Hall–Kier alpha value is -1.06. The number of ether oxygens (including phenoxy) is 1. The molecule has 2 N–H and O–H groups in total. The lowest BCUT2D eigenvalue weighted by atomic mass is 9.92. The van der Waals surface area contributed by atoms with Crippen LogP contribution >= 0.6 is 24.0 Å². The number of piperidine rings is 1. The van der Waals surface area contributed by atoms with Crippen LogP contribution in [0.25, 0.3) is 0 Å². The zero-order valence-electron chi connectivity index (χ0n) is 15.3. The minimum Gasteiger partial charge on any atom is -0.466 e. The fraction of sp³-hybridized carbons (Fsp3) is 0.812. The van der Waals surface area contributed by atoms with Crippen molar-refractivity contribution >= 4 is 41.8 Å². The summed E-state index contributed by atoms with van der Waals surface area (Å²) < 4.78 is 5.12. The number of halogens is 1. The van der Waals surface area contributed by atoms with Gasteiger partial charge in [-0.15, -0.1) is 24.0 Å². The number of carbonyl (C=O) groups is 2. The Kier molecular flexibility index (Phi) is 10.3. The third-order valence-corrected chi connectivity index (χ3v) is 4.08. The maximum atomic E-state index is 11.9. The Balaban J connectivity index is 0.00000529. The summed E-state index contributed by atoms with van der Waals surface area (Å²) >= 11 is 0. The molecule has 1 unspecified atom stereocenters. The number of likely N-dealkylation sites (tertiary alicyclic amines) is 1. The van der Waals surface area contributed by atoms with Crippen molar-refractivity contribution in [1.82, 2.24) is 15.5 Å². The Morgan fingerprint density at radius 3 is 2.58 bits per heavy atom. The first-order valence-electron chi connectivity index (χ1n) is 8.20. The molecule has 8 heteroatoms. The normalized spacial score (nSPS) is 18.5. The number of nitrogens with zero attached hydrogens (tertiary/aromatic N) is 2. The van der Waals surface area contributed by atoms with E-state index in [0.29, 0.717) is 19.7 Å². The third kappa shape index (κ3) is 6.45. The molecule has 0 aromatic rings. The minimum absolute atomic E-state index is 0. The van der Waals surface area contributed by atoms with E-state index in [2.05, 4.69) is 20.5 Å². The van der Waals surface area contributed by atoms with E-state index in [1.807, 2.05) is 20.8 Å². The molecule has 1 saturated heterocycles. The minimum atomic E-state index is -0.541. The first kappa shape index (κ1) is 22.9. The second-order valence-electron chi connectivity index (χ2n) is 6.40. The average Bonchev–Trinajstić information content (AvgIpc) is 2.55. The summed E-state index contributed by atoms with van der Waals surface area (Å²) in [7, 11) is 3.34. The van der Waals surface area contributed by atoms with Crippen molar-refractivity contribution in [3.63, 3.8) is 0 Å².